The number of hydrogen-bond acceptors (Lipinski definition) is 4. The Hall–Kier alpha value is -3.74. The van der Waals surface area contributed by atoms with Crippen LogP contribution in [0.25, 0.3) is 32.5 Å². The summed E-state index contributed by atoms with van der Waals surface area (Å²) in [5, 5.41) is 5.91. The molecule has 0 aliphatic rings. The predicted octanol–water partition coefficient (Wildman–Crippen LogP) is 6.39. The van der Waals surface area contributed by atoms with Crippen molar-refractivity contribution in [3.05, 3.63) is 105 Å². The lowest BCUT2D eigenvalue weighted by molar-refractivity contribution is -0.116. The van der Waals surface area contributed by atoms with Gasteiger partial charge in [0.1, 0.15) is 11.4 Å². The fourth-order valence-corrected chi connectivity index (χ4v) is 5.01. The normalized spacial score (nSPS) is 11.0. The second-order valence-electron chi connectivity index (χ2n) is 7.96. The molecular weight excluding hydrogens is 466 g/mol. The maximum Gasteiger partial charge on any atom is 0.263 e. The molecule has 168 valence electrons. The minimum atomic E-state index is -0.308. The molecule has 0 bridgehead atoms. The number of rotatable bonds is 5. The molecule has 5 rings (SSSR count). The van der Waals surface area contributed by atoms with E-state index in [2.05, 4.69) is 22.4 Å². The number of aromatic nitrogens is 2. The lowest BCUT2D eigenvalue weighted by atomic mass is 10.0. The van der Waals surface area contributed by atoms with Crippen molar-refractivity contribution in [2.75, 3.05) is 5.32 Å². The summed E-state index contributed by atoms with van der Waals surface area (Å²) in [7, 11) is 0. The van der Waals surface area contributed by atoms with Gasteiger partial charge in [0.05, 0.1) is 11.7 Å². The zero-order valence-corrected chi connectivity index (χ0v) is 19.9. The number of fused-ring (bicyclic) bond motifs is 1. The van der Waals surface area contributed by atoms with Crippen molar-refractivity contribution >= 4 is 44.7 Å². The molecule has 1 N–H and O–H groups in total. The van der Waals surface area contributed by atoms with Crippen LogP contribution in [-0.2, 0) is 11.3 Å². The number of nitrogens with zero attached hydrogens (tertiary/aromatic N) is 2. The van der Waals surface area contributed by atoms with E-state index in [0.29, 0.717) is 20.9 Å². The van der Waals surface area contributed by atoms with E-state index in [-0.39, 0.29) is 18.0 Å². The highest BCUT2D eigenvalue weighted by Gasteiger charge is 2.15. The highest BCUT2D eigenvalue weighted by molar-refractivity contribution is 7.17. The molecule has 0 fully saturated rings. The number of thiophene rings is 1. The van der Waals surface area contributed by atoms with Crippen LogP contribution >= 0.6 is 22.9 Å². The van der Waals surface area contributed by atoms with Gasteiger partial charge in [-0.05, 0) is 47.4 Å². The molecule has 0 unspecified atom stereocenters. The second-order valence-corrected chi connectivity index (χ2v) is 9.25. The lowest BCUT2D eigenvalue weighted by Crippen LogP contribution is -2.28. The maximum absolute atomic E-state index is 13.3. The van der Waals surface area contributed by atoms with Gasteiger partial charge in [0.25, 0.3) is 5.56 Å². The molecule has 3 aromatic carbocycles. The molecule has 2 aromatic heterocycles. The average Bonchev–Trinajstić information content (AvgIpc) is 3.28. The average molecular weight is 486 g/mol. The molecule has 5 nitrogen and oxygen atoms in total. The Balaban J connectivity index is 1.43. The third-order valence-corrected chi connectivity index (χ3v) is 6.76. The van der Waals surface area contributed by atoms with Crippen LogP contribution in [0.4, 0.5) is 5.69 Å². The fourth-order valence-electron chi connectivity index (χ4n) is 3.88. The second kappa shape index (κ2) is 9.25. The molecule has 0 atom stereocenters. The molecule has 0 saturated carbocycles. The van der Waals surface area contributed by atoms with Crippen LogP contribution in [0.1, 0.15) is 5.56 Å². The Kier molecular flexibility index (Phi) is 6.01. The first-order valence-corrected chi connectivity index (χ1v) is 11.9. The first-order chi connectivity index (χ1) is 16.5. The van der Waals surface area contributed by atoms with Crippen molar-refractivity contribution in [1.82, 2.24) is 9.55 Å². The Morgan fingerprint density at radius 1 is 1.00 bits per heavy atom. The van der Waals surface area contributed by atoms with Gasteiger partial charge in [-0.15, -0.1) is 11.3 Å². The van der Waals surface area contributed by atoms with Crippen LogP contribution in [0.2, 0.25) is 5.02 Å². The summed E-state index contributed by atoms with van der Waals surface area (Å²) in [6, 6.07) is 23.5. The van der Waals surface area contributed by atoms with Gasteiger partial charge < -0.3 is 5.32 Å². The van der Waals surface area contributed by atoms with Gasteiger partial charge in [-0.3, -0.25) is 14.2 Å². The van der Waals surface area contributed by atoms with Gasteiger partial charge >= 0.3 is 0 Å². The number of carbonyl (C=O) groups excluding carboxylic acids is 1. The minimum absolute atomic E-state index is 0.133. The summed E-state index contributed by atoms with van der Waals surface area (Å²) in [5.74, 6) is -0.308. The maximum atomic E-state index is 13.3. The number of aryl methyl sites for hydroxylation is 1. The lowest BCUT2D eigenvalue weighted by Gasteiger charge is -2.10. The standard InChI is InChI=1S/C27H20ClN3O2S/c1-17-13-21(28)11-12-23(17)30-24(32)14-31-16-29-26-25(27(31)33)22(15-34-26)20-9-7-19(8-10-20)18-5-3-2-4-6-18/h2-13,15-16H,14H2,1H3,(H,30,32). The first kappa shape index (κ1) is 22.1. The van der Waals surface area contributed by atoms with E-state index in [4.69, 9.17) is 11.6 Å². The summed E-state index contributed by atoms with van der Waals surface area (Å²) in [6.07, 6.45) is 1.43. The van der Waals surface area contributed by atoms with Crippen molar-refractivity contribution in [2.45, 2.75) is 13.5 Å². The van der Waals surface area contributed by atoms with Gasteiger partial charge in [-0.2, -0.15) is 0 Å². The molecule has 0 saturated heterocycles. The van der Waals surface area contributed by atoms with E-state index in [0.717, 1.165) is 27.8 Å². The predicted molar refractivity (Wildman–Crippen MR) is 140 cm³/mol. The number of hydrogen-bond donors (Lipinski definition) is 1. The first-order valence-electron chi connectivity index (χ1n) is 10.7. The highest BCUT2D eigenvalue weighted by atomic mass is 35.5. The third-order valence-electron chi connectivity index (χ3n) is 5.64. The Morgan fingerprint density at radius 2 is 1.71 bits per heavy atom. The monoisotopic (exact) mass is 485 g/mol. The molecule has 0 spiro atoms. The van der Waals surface area contributed by atoms with Crippen LogP contribution in [0.3, 0.4) is 0 Å². The van der Waals surface area contributed by atoms with E-state index in [1.54, 1.807) is 18.2 Å². The van der Waals surface area contributed by atoms with E-state index in [1.807, 2.05) is 54.8 Å². The Morgan fingerprint density at radius 3 is 2.44 bits per heavy atom. The van der Waals surface area contributed by atoms with Gasteiger partial charge in [0, 0.05) is 21.7 Å². The highest BCUT2D eigenvalue weighted by Crippen LogP contribution is 2.32. The van der Waals surface area contributed by atoms with Crippen LogP contribution in [0, 0.1) is 6.92 Å². The smallest absolute Gasteiger partial charge is 0.263 e. The molecule has 0 radical (unpaired) electrons. The number of nitrogens with one attached hydrogen (secondary N) is 1. The van der Waals surface area contributed by atoms with Gasteiger partial charge in [0.15, 0.2) is 0 Å². The summed E-state index contributed by atoms with van der Waals surface area (Å²) < 4.78 is 1.34. The topological polar surface area (TPSA) is 64.0 Å². The zero-order valence-electron chi connectivity index (χ0n) is 18.3. The van der Waals surface area contributed by atoms with E-state index >= 15 is 0 Å². The van der Waals surface area contributed by atoms with Gasteiger partial charge in [-0.1, -0.05) is 66.2 Å². The minimum Gasteiger partial charge on any atom is -0.324 e. The molecule has 0 aliphatic heterocycles. The summed E-state index contributed by atoms with van der Waals surface area (Å²) in [5.41, 5.74) is 5.26. The molecule has 1 amide bonds. The molecule has 2 heterocycles. The van der Waals surface area contributed by atoms with E-state index < -0.39 is 0 Å². The number of halogens is 1. The number of benzene rings is 3. The number of anilines is 1. The fraction of sp³-hybridized carbons (Fsp3) is 0.0741. The van der Waals surface area contributed by atoms with E-state index in [9.17, 15) is 9.59 Å². The Bertz CT molecular complexity index is 1560. The number of carbonyl (C=O) groups is 1. The largest absolute Gasteiger partial charge is 0.324 e. The SMILES string of the molecule is Cc1cc(Cl)ccc1NC(=O)Cn1cnc2scc(-c3ccc(-c4ccccc4)cc3)c2c1=O. The molecule has 7 heteroatoms. The van der Waals surface area contributed by atoms with Crippen molar-refractivity contribution in [3.8, 4) is 22.3 Å². The quantitative estimate of drug-likeness (QED) is 0.313. The summed E-state index contributed by atoms with van der Waals surface area (Å²) >= 11 is 7.41. The summed E-state index contributed by atoms with van der Waals surface area (Å²) in [6.45, 7) is 1.73. The van der Waals surface area contributed by atoms with Crippen LogP contribution < -0.4 is 10.9 Å². The van der Waals surface area contributed by atoms with E-state index in [1.165, 1.54) is 22.2 Å². The van der Waals surface area contributed by atoms with Crippen LogP contribution in [-0.4, -0.2) is 15.5 Å². The van der Waals surface area contributed by atoms with Crippen molar-refractivity contribution in [1.29, 1.82) is 0 Å². The van der Waals surface area contributed by atoms with Gasteiger partial charge in [0.2, 0.25) is 5.91 Å². The summed E-state index contributed by atoms with van der Waals surface area (Å²) in [4.78, 5) is 31.0. The molecule has 5 aromatic rings. The third kappa shape index (κ3) is 4.38. The molecule has 34 heavy (non-hydrogen) atoms. The number of amides is 1. The van der Waals surface area contributed by atoms with Crippen LogP contribution in [0.15, 0.2) is 89.3 Å². The van der Waals surface area contributed by atoms with Crippen molar-refractivity contribution in [3.63, 3.8) is 0 Å². The Labute approximate surface area is 205 Å². The van der Waals surface area contributed by atoms with Crippen molar-refractivity contribution < 1.29 is 4.79 Å². The van der Waals surface area contributed by atoms with Gasteiger partial charge in [-0.25, -0.2) is 4.98 Å². The molecular formula is C27H20ClN3O2S. The van der Waals surface area contributed by atoms with Crippen LogP contribution in [0.5, 0.6) is 0 Å². The van der Waals surface area contributed by atoms with Crippen molar-refractivity contribution in [2.24, 2.45) is 0 Å². The molecule has 0 aliphatic carbocycles. The zero-order chi connectivity index (χ0) is 23.7.